The van der Waals surface area contributed by atoms with Crippen LogP contribution in [-0.2, 0) is 17.0 Å². The van der Waals surface area contributed by atoms with Crippen LogP contribution in [0, 0.1) is 0 Å². The van der Waals surface area contributed by atoms with E-state index < -0.39 is 22.7 Å². The molecule has 1 saturated carbocycles. The Morgan fingerprint density at radius 3 is 2.81 bits per heavy atom. The molecule has 0 radical (unpaired) electrons. The van der Waals surface area contributed by atoms with Gasteiger partial charge in [-0.15, -0.1) is 0 Å². The summed E-state index contributed by atoms with van der Waals surface area (Å²) in [5.41, 5.74) is -0.892. The predicted molar refractivity (Wildman–Crippen MR) is 77.6 cm³/mol. The lowest BCUT2D eigenvalue weighted by atomic mass is 9.95. The average molecular weight is 320 g/mol. The normalized spacial score (nSPS) is 24.6. The molecule has 2 rings (SSSR count). The topological polar surface area (TPSA) is 42.0 Å². The maximum atomic E-state index is 12.6. The second-order valence-corrected chi connectivity index (χ2v) is 7.21. The smallest absolute Gasteiger partial charge is 0.367 e. The second-order valence-electron chi connectivity index (χ2n) is 5.21. The highest BCUT2D eigenvalue weighted by Crippen LogP contribution is 2.29. The molecule has 1 heterocycles. The van der Waals surface area contributed by atoms with Crippen LogP contribution in [-0.4, -0.2) is 26.2 Å². The molecule has 0 bridgehead atoms. The standard InChI is InChI=1S/C14H19F3N2OS/c1-2-21(20)11-6-3-5-10(9-11)18-13-8-4-7-12(19-13)14(15,16)17/h4,7-8,10-11H,2-3,5-6,9H2,1H3,(H,18,19). The van der Waals surface area contributed by atoms with E-state index >= 15 is 0 Å². The van der Waals surface area contributed by atoms with Crippen LogP contribution < -0.4 is 5.32 Å². The molecule has 3 atom stereocenters. The third kappa shape index (κ3) is 4.43. The molecule has 1 aromatic rings. The zero-order valence-electron chi connectivity index (χ0n) is 11.8. The van der Waals surface area contributed by atoms with Crippen molar-refractivity contribution >= 4 is 16.6 Å². The molecule has 7 heteroatoms. The van der Waals surface area contributed by atoms with Crippen molar-refractivity contribution in [2.45, 2.75) is 50.1 Å². The molecular formula is C14H19F3N2OS. The van der Waals surface area contributed by atoms with Crippen LogP contribution in [0.1, 0.15) is 38.3 Å². The van der Waals surface area contributed by atoms with Gasteiger partial charge in [0.2, 0.25) is 0 Å². The first-order valence-electron chi connectivity index (χ1n) is 7.08. The van der Waals surface area contributed by atoms with Crippen molar-refractivity contribution in [3.8, 4) is 0 Å². The van der Waals surface area contributed by atoms with E-state index in [0.717, 1.165) is 31.7 Å². The number of anilines is 1. The van der Waals surface area contributed by atoms with Crippen LogP contribution in [0.5, 0.6) is 0 Å². The molecule has 1 aliphatic carbocycles. The van der Waals surface area contributed by atoms with Gasteiger partial charge in [-0.05, 0) is 31.4 Å². The monoisotopic (exact) mass is 320 g/mol. The fraction of sp³-hybridized carbons (Fsp3) is 0.643. The molecule has 0 spiro atoms. The van der Waals surface area contributed by atoms with E-state index in [2.05, 4.69) is 10.3 Å². The number of rotatable bonds is 4. The average Bonchev–Trinajstić information content (AvgIpc) is 2.46. The fourth-order valence-corrected chi connectivity index (χ4v) is 3.98. The lowest BCUT2D eigenvalue weighted by molar-refractivity contribution is -0.141. The first kappa shape index (κ1) is 16.3. The molecule has 0 aromatic carbocycles. The van der Waals surface area contributed by atoms with Crippen LogP contribution >= 0.6 is 0 Å². The van der Waals surface area contributed by atoms with Gasteiger partial charge in [-0.2, -0.15) is 13.2 Å². The highest BCUT2D eigenvalue weighted by Gasteiger charge is 2.33. The molecule has 1 fully saturated rings. The van der Waals surface area contributed by atoms with Crippen molar-refractivity contribution in [2.24, 2.45) is 0 Å². The SMILES string of the molecule is CCS(=O)C1CCCC(Nc2cccc(C(F)(F)F)n2)C1. The zero-order chi connectivity index (χ0) is 15.5. The predicted octanol–water partition coefficient (Wildman–Crippen LogP) is 3.59. The summed E-state index contributed by atoms with van der Waals surface area (Å²) in [6.45, 7) is 1.89. The maximum Gasteiger partial charge on any atom is 0.433 e. The van der Waals surface area contributed by atoms with Gasteiger partial charge in [-0.1, -0.05) is 19.4 Å². The Morgan fingerprint density at radius 2 is 2.14 bits per heavy atom. The van der Waals surface area contributed by atoms with Gasteiger partial charge in [-0.3, -0.25) is 4.21 Å². The van der Waals surface area contributed by atoms with Gasteiger partial charge in [0.25, 0.3) is 0 Å². The van der Waals surface area contributed by atoms with E-state index in [1.165, 1.54) is 12.1 Å². The molecule has 1 aliphatic rings. The number of aromatic nitrogens is 1. The first-order valence-corrected chi connectivity index (χ1v) is 8.46. The van der Waals surface area contributed by atoms with Gasteiger partial charge in [0, 0.05) is 27.8 Å². The largest absolute Gasteiger partial charge is 0.433 e. The van der Waals surface area contributed by atoms with Gasteiger partial charge in [-0.25, -0.2) is 4.98 Å². The molecule has 3 nitrogen and oxygen atoms in total. The quantitative estimate of drug-likeness (QED) is 0.922. The van der Waals surface area contributed by atoms with Crippen LogP contribution in [0.4, 0.5) is 19.0 Å². The molecule has 0 aliphatic heterocycles. The first-order chi connectivity index (χ1) is 9.90. The zero-order valence-corrected chi connectivity index (χ0v) is 12.6. The maximum absolute atomic E-state index is 12.6. The van der Waals surface area contributed by atoms with Crippen molar-refractivity contribution in [1.29, 1.82) is 0 Å². The van der Waals surface area contributed by atoms with Gasteiger partial charge >= 0.3 is 6.18 Å². The Kier molecular flexibility index (Phi) is 5.24. The lowest BCUT2D eigenvalue weighted by Crippen LogP contribution is -2.33. The molecule has 1 aromatic heterocycles. The molecule has 21 heavy (non-hydrogen) atoms. The highest BCUT2D eigenvalue weighted by atomic mass is 32.2. The van der Waals surface area contributed by atoms with Crippen LogP contribution in [0.2, 0.25) is 0 Å². The Hall–Kier alpha value is -1.11. The highest BCUT2D eigenvalue weighted by molar-refractivity contribution is 7.85. The van der Waals surface area contributed by atoms with Crippen molar-refractivity contribution < 1.29 is 17.4 Å². The minimum Gasteiger partial charge on any atom is -0.367 e. The van der Waals surface area contributed by atoms with E-state index in [-0.39, 0.29) is 17.1 Å². The van der Waals surface area contributed by atoms with Crippen molar-refractivity contribution in [3.05, 3.63) is 23.9 Å². The van der Waals surface area contributed by atoms with Crippen LogP contribution in [0.3, 0.4) is 0 Å². The Bertz CT molecular complexity index is 507. The van der Waals surface area contributed by atoms with Crippen molar-refractivity contribution in [2.75, 3.05) is 11.1 Å². The Labute approximate surface area is 124 Å². The molecule has 1 N–H and O–H groups in total. The number of hydrogen-bond donors (Lipinski definition) is 1. The van der Waals surface area contributed by atoms with E-state index in [1.54, 1.807) is 0 Å². The van der Waals surface area contributed by atoms with Gasteiger partial charge in [0.1, 0.15) is 11.5 Å². The number of pyridine rings is 1. The van der Waals surface area contributed by atoms with E-state index in [9.17, 15) is 17.4 Å². The molecular weight excluding hydrogens is 301 g/mol. The third-order valence-corrected chi connectivity index (χ3v) is 5.41. The number of alkyl halides is 3. The summed E-state index contributed by atoms with van der Waals surface area (Å²) in [7, 11) is -0.851. The van der Waals surface area contributed by atoms with Gasteiger partial charge in [0.05, 0.1) is 0 Å². The van der Waals surface area contributed by atoms with Crippen molar-refractivity contribution in [1.82, 2.24) is 4.98 Å². The molecule has 118 valence electrons. The summed E-state index contributed by atoms with van der Waals surface area (Å²) in [6, 6.07) is 3.88. The Morgan fingerprint density at radius 1 is 1.38 bits per heavy atom. The molecule has 3 unspecified atom stereocenters. The summed E-state index contributed by atoms with van der Waals surface area (Å²) < 4.78 is 49.8. The summed E-state index contributed by atoms with van der Waals surface area (Å²) >= 11 is 0. The number of nitrogens with zero attached hydrogens (tertiary/aromatic N) is 1. The summed E-state index contributed by atoms with van der Waals surface area (Å²) in [6.07, 6.45) is -0.980. The minimum absolute atomic E-state index is 0.0373. The lowest BCUT2D eigenvalue weighted by Gasteiger charge is -2.29. The summed E-state index contributed by atoms with van der Waals surface area (Å²) in [4.78, 5) is 3.62. The van der Waals surface area contributed by atoms with E-state index in [4.69, 9.17) is 0 Å². The van der Waals surface area contributed by atoms with Crippen molar-refractivity contribution in [3.63, 3.8) is 0 Å². The minimum atomic E-state index is -4.43. The number of hydrogen-bond acceptors (Lipinski definition) is 3. The second kappa shape index (κ2) is 6.77. The van der Waals surface area contributed by atoms with E-state index in [1.807, 2.05) is 6.92 Å². The van der Waals surface area contributed by atoms with E-state index in [0.29, 0.717) is 5.75 Å². The van der Waals surface area contributed by atoms with Crippen LogP contribution in [0.25, 0.3) is 0 Å². The molecule has 0 amide bonds. The number of halogens is 3. The molecule has 0 saturated heterocycles. The third-order valence-electron chi connectivity index (χ3n) is 3.67. The van der Waals surface area contributed by atoms with Gasteiger partial charge < -0.3 is 5.32 Å². The Balaban J connectivity index is 2.03. The van der Waals surface area contributed by atoms with Gasteiger partial charge in [0.15, 0.2) is 0 Å². The summed E-state index contributed by atoms with van der Waals surface area (Å²) in [5.74, 6) is 0.858. The summed E-state index contributed by atoms with van der Waals surface area (Å²) in [5, 5.41) is 3.19. The van der Waals surface area contributed by atoms with Crippen LogP contribution in [0.15, 0.2) is 18.2 Å². The number of nitrogens with one attached hydrogen (secondary N) is 1. The fourth-order valence-electron chi connectivity index (χ4n) is 2.63.